The van der Waals surface area contributed by atoms with Crippen molar-refractivity contribution in [2.45, 2.75) is 19.4 Å². The van der Waals surface area contributed by atoms with Gasteiger partial charge in [-0.25, -0.2) is 14.6 Å². The first-order valence-corrected chi connectivity index (χ1v) is 4.26. The zero-order valence-electron chi connectivity index (χ0n) is 8.46. The van der Waals surface area contributed by atoms with Gasteiger partial charge in [0.05, 0.1) is 19.3 Å². The van der Waals surface area contributed by atoms with Crippen LogP contribution in [0, 0.1) is 0 Å². The van der Waals surface area contributed by atoms with Crippen LogP contribution in [0.3, 0.4) is 0 Å². The van der Waals surface area contributed by atoms with Gasteiger partial charge in [0.2, 0.25) is 6.08 Å². The number of aliphatic imine (C=N–C) groups is 1. The number of allylic oxidation sites excluding steroid dienone is 1. The van der Waals surface area contributed by atoms with Crippen LogP contribution in [0.25, 0.3) is 0 Å². The van der Waals surface area contributed by atoms with Crippen molar-refractivity contribution >= 4 is 12.0 Å². The molecule has 0 saturated carbocycles. The van der Waals surface area contributed by atoms with Crippen molar-refractivity contribution in [2.75, 3.05) is 13.2 Å². The van der Waals surface area contributed by atoms with E-state index < -0.39 is 12.1 Å². The first-order valence-electron chi connectivity index (χ1n) is 4.26. The van der Waals surface area contributed by atoms with Gasteiger partial charge in [-0.05, 0) is 13.3 Å². The Bertz CT molecular complexity index is 233. The summed E-state index contributed by atoms with van der Waals surface area (Å²) in [5.74, 6) is -0.891. The fraction of sp³-hybridized carbons (Fsp3) is 0.556. The molecule has 0 spiro atoms. The molecule has 0 saturated heterocycles. The third kappa shape index (κ3) is 19.1. The largest absolute Gasteiger partial charge is 0.478 e. The molecule has 0 aromatic heterocycles. The number of isocyanates is 1. The van der Waals surface area contributed by atoms with Gasteiger partial charge in [0.1, 0.15) is 0 Å². The first kappa shape index (κ1) is 16.0. The lowest BCUT2D eigenvalue weighted by Gasteiger charge is -2.00. The van der Waals surface area contributed by atoms with E-state index >= 15 is 0 Å². The van der Waals surface area contributed by atoms with E-state index in [2.05, 4.69) is 4.99 Å². The highest BCUT2D eigenvalue weighted by molar-refractivity contribution is 5.79. The van der Waals surface area contributed by atoms with Crippen LogP contribution in [-0.4, -0.2) is 46.6 Å². The van der Waals surface area contributed by atoms with Gasteiger partial charge in [-0.3, -0.25) is 0 Å². The minimum Gasteiger partial charge on any atom is -0.478 e. The molecule has 6 heteroatoms. The maximum atomic E-state index is 9.51. The number of aliphatic carboxylic acids is 1. The Morgan fingerprint density at radius 1 is 1.60 bits per heavy atom. The molecule has 0 aliphatic heterocycles. The number of hydrogen-bond acceptors (Lipinski definition) is 5. The van der Waals surface area contributed by atoms with Crippen LogP contribution in [-0.2, 0) is 9.59 Å². The van der Waals surface area contributed by atoms with E-state index in [4.69, 9.17) is 15.3 Å². The molecule has 6 nitrogen and oxygen atoms in total. The summed E-state index contributed by atoms with van der Waals surface area (Å²) in [5, 5.41) is 24.7. The molecule has 0 radical (unpaired) electrons. The van der Waals surface area contributed by atoms with E-state index in [1.165, 1.54) is 12.2 Å². The van der Waals surface area contributed by atoms with Crippen molar-refractivity contribution in [2.24, 2.45) is 4.99 Å². The predicted molar refractivity (Wildman–Crippen MR) is 53.1 cm³/mol. The number of carboxylic acids is 1. The van der Waals surface area contributed by atoms with Crippen LogP contribution in [0.4, 0.5) is 0 Å². The monoisotopic (exact) mass is 217 g/mol. The van der Waals surface area contributed by atoms with Crippen LogP contribution in [0.2, 0.25) is 0 Å². The zero-order chi connectivity index (χ0) is 12.1. The number of rotatable bonds is 5. The van der Waals surface area contributed by atoms with Crippen LogP contribution in [0.1, 0.15) is 13.3 Å². The van der Waals surface area contributed by atoms with Crippen molar-refractivity contribution in [3.05, 3.63) is 12.2 Å². The SMILES string of the molecule is CC=CC(=O)O.O=C=NCCC(O)CO. The second kappa shape index (κ2) is 12.5. The van der Waals surface area contributed by atoms with E-state index in [0.29, 0.717) is 6.42 Å². The van der Waals surface area contributed by atoms with Crippen LogP contribution in [0.15, 0.2) is 17.1 Å². The Hall–Kier alpha value is -1.49. The molecule has 3 N–H and O–H groups in total. The zero-order valence-corrected chi connectivity index (χ0v) is 8.46. The summed E-state index contributed by atoms with van der Waals surface area (Å²) < 4.78 is 0. The molecule has 0 aromatic rings. The molecule has 15 heavy (non-hydrogen) atoms. The third-order valence-corrected chi connectivity index (χ3v) is 1.16. The van der Waals surface area contributed by atoms with Crippen LogP contribution in [0.5, 0.6) is 0 Å². The average Bonchev–Trinajstić information content (AvgIpc) is 2.18. The normalized spacial score (nSPS) is 11.1. The lowest BCUT2D eigenvalue weighted by molar-refractivity contribution is -0.131. The van der Waals surface area contributed by atoms with Gasteiger partial charge in [-0.1, -0.05) is 6.08 Å². The molecular formula is C9H15NO5. The van der Waals surface area contributed by atoms with E-state index in [1.807, 2.05) is 0 Å². The summed E-state index contributed by atoms with van der Waals surface area (Å²) >= 11 is 0. The number of aliphatic hydroxyl groups is 2. The Morgan fingerprint density at radius 3 is 2.47 bits per heavy atom. The van der Waals surface area contributed by atoms with Gasteiger partial charge >= 0.3 is 5.97 Å². The Kier molecular flexibility index (Phi) is 13.3. The molecule has 86 valence electrons. The summed E-state index contributed by atoms with van der Waals surface area (Å²) in [6.07, 6.45) is 3.44. The standard InChI is InChI=1S/C5H9NO3.C4H6O2/c7-3-5(9)1-2-6-4-8;1-2-3-4(5)6/h5,7,9H,1-3H2;2-3H,1H3,(H,5,6). The fourth-order valence-corrected chi connectivity index (χ4v) is 0.493. The van der Waals surface area contributed by atoms with E-state index in [0.717, 1.165) is 6.08 Å². The van der Waals surface area contributed by atoms with Gasteiger partial charge in [-0.15, -0.1) is 0 Å². The second-order valence-electron chi connectivity index (χ2n) is 2.44. The molecule has 0 heterocycles. The molecule has 0 fully saturated rings. The molecule has 1 atom stereocenters. The molecular weight excluding hydrogens is 202 g/mol. The highest BCUT2D eigenvalue weighted by atomic mass is 16.4. The number of hydrogen-bond donors (Lipinski definition) is 3. The highest BCUT2D eigenvalue weighted by Gasteiger charge is 1.98. The summed E-state index contributed by atoms with van der Waals surface area (Å²) in [6, 6.07) is 0. The number of aliphatic hydroxyl groups excluding tert-OH is 2. The van der Waals surface area contributed by atoms with Crippen molar-refractivity contribution in [3.63, 3.8) is 0 Å². The van der Waals surface area contributed by atoms with E-state index in [9.17, 15) is 9.59 Å². The quantitative estimate of drug-likeness (QED) is 0.333. The molecule has 0 aliphatic carbocycles. The van der Waals surface area contributed by atoms with Crippen LogP contribution >= 0.6 is 0 Å². The minimum atomic E-state index is -0.891. The summed E-state index contributed by atoms with van der Waals surface area (Å²) in [5.41, 5.74) is 0. The molecule has 0 aliphatic rings. The van der Waals surface area contributed by atoms with Gasteiger partial charge in [0.15, 0.2) is 0 Å². The van der Waals surface area contributed by atoms with Crippen molar-refractivity contribution in [1.29, 1.82) is 0 Å². The molecule has 0 amide bonds. The van der Waals surface area contributed by atoms with E-state index in [-0.39, 0.29) is 13.2 Å². The number of carbonyl (C=O) groups excluding carboxylic acids is 1. The van der Waals surface area contributed by atoms with Gasteiger partial charge in [0, 0.05) is 6.08 Å². The Labute approximate surface area is 87.6 Å². The maximum Gasteiger partial charge on any atom is 0.327 e. The number of carbonyl (C=O) groups is 1. The predicted octanol–water partition coefficient (Wildman–Crippen LogP) is -0.287. The first-order chi connectivity index (χ1) is 7.08. The molecule has 0 bridgehead atoms. The molecule has 0 aromatic carbocycles. The fourth-order valence-electron chi connectivity index (χ4n) is 0.493. The Morgan fingerprint density at radius 2 is 2.20 bits per heavy atom. The van der Waals surface area contributed by atoms with Gasteiger partial charge < -0.3 is 15.3 Å². The third-order valence-electron chi connectivity index (χ3n) is 1.16. The topological polar surface area (TPSA) is 107 Å². The van der Waals surface area contributed by atoms with Crippen molar-refractivity contribution in [3.8, 4) is 0 Å². The van der Waals surface area contributed by atoms with Crippen molar-refractivity contribution in [1.82, 2.24) is 0 Å². The molecule has 0 rings (SSSR count). The number of carboxylic acid groups (broad SMARTS) is 1. The lowest BCUT2D eigenvalue weighted by Crippen LogP contribution is -2.12. The van der Waals surface area contributed by atoms with E-state index in [1.54, 1.807) is 6.92 Å². The molecule has 1 unspecified atom stereocenters. The average molecular weight is 217 g/mol. The Balaban J connectivity index is 0. The van der Waals surface area contributed by atoms with Crippen molar-refractivity contribution < 1.29 is 24.9 Å². The highest BCUT2D eigenvalue weighted by Crippen LogP contribution is 1.88. The number of nitrogens with zero attached hydrogens (tertiary/aromatic N) is 1. The van der Waals surface area contributed by atoms with Gasteiger partial charge in [-0.2, -0.15) is 0 Å². The summed E-state index contributed by atoms with van der Waals surface area (Å²) in [7, 11) is 0. The maximum absolute atomic E-state index is 9.51. The smallest absolute Gasteiger partial charge is 0.327 e. The summed E-state index contributed by atoms with van der Waals surface area (Å²) in [4.78, 5) is 22.1. The second-order valence-corrected chi connectivity index (χ2v) is 2.44. The lowest BCUT2D eigenvalue weighted by atomic mass is 10.3. The van der Waals surface area contributed by atoms with Crippen LogP contribution < -0.4 is 0 Å². The minimum absolute atomic E-state index is 0.227. The van der Waals surface area contributed by atoms with Gasteiger partial charge in [0.25, 0.3) is 0 Å². The summed E-state index contributed by atoms with van der Waals surface area (Å²) in [6.45, 7) is 1.60.